The lowest BCUT2D eigenvalue weighted by Crippen LogP contribution is -2.14. The minimum atomic E-state index is -0.777. The van der Waals surface area contributed by atoms with E-state index < -0.39 is 27.3 Å². The van der Waals surface area contributed by atoms with Gasteiger partial charge in [-0.2, -0.15) is 5.10 Å². The second-order valence-electron chi connectivity index (χ2n) is 5.80. The summed E-state index contributed by atoms with van der Waals surface area (Å²) in [6.45, 7) is -0.361. The van der Waals surface area contributed by atoms with Gasteiger partial charge < -0.3 is 15.2 Å². The van der Waals surface area contributed by atoms with Gasteiger partial charge in [-0.15, -0.1) is 0 Å². The molecule has 0 saturated heterocycles. The Morgan fingerprint density at radius 2 is 1.93 bits per heavy atom. The zero-order chi connectivity index (χ0) is 21.8. The number of nitrogens with zero attached hydrogens (tertiary/aromatic N) is 4. The van der Waals surface area contributed by atoms with Gasteiger partial charge in [-0.05, 0) is 18.2 Å². The summed E-state index contributed by atoms with van der Waals surface area (Å²) in [6.07, 6.45) is 1.33. The second-order valence-corrected chi connectivity index (χ2v) is 5.80. The number of benzene rings is 2. The van der Waals surface area contributed by atoms with Crippen molar-refractivity contribution in [1.29, 1.82) is 0 Å². The third-order valence-electron chi connectivity index (χ3n) is 3.78. The molecule has 0 bridgehead atoms. The molecule has 30 heavy (non-hydrogen) atoms. The molecule has 2 aromatic carbocycles. The molecule has 0 unspecified atom stereocenters. The van der Waals surface area contributed by atoms with Crippen LogP contribution in [-0.2, 0) is 6.73 Å². The molecule has 0 aliphatic heterocycles. The van der Waals surface area contributed by atoms with Crippen LogP contribution in [0.15, 0.2) is 48.7 Å². The zero-order valence-electron chi connectivity index (χ0n) is 14.9. The summed E-state index contributed by atoms with van der Waals surface area (Å²) in [5.41, 5.74) is -1.09. The van der Waals surface area contributed by atoms with E-state index in [2.05, 4.69) is 10.4 Å². The fourth-order valence-electron chi connectivity index (χ4n) is 2.37. The second kappa shape index (κ2) is 8.22. The molecule has 0 fully saturated rings. The van der Waals surface area contributed by atoms with E-state index in [9.17, 15) is 34.5 Å². The number of ether oxygens (including phenoxy) is 1. The predicted octanol–water partition coefficient (Wildman–Crippen LogP) is 2.83. The molecular formula is C17H12FN5O7. The summed E-state index contributed by atoms with van der Waals surface area (Å²) in [4.78, 5) is 32.6. The summed E-state index contributed by atoms with van der Waals surface area (Å²) in [5, 5.41) is 37.7. The van der Waals surface area contributed by atoms with Gasteiger partial charge in [0, 0.05) is 30.5 Å². The molecule has 0 atom stereocenters. The number of non-ortho nitro benzene ring substituents is 1. The lowest BCUT2D eigenvalue weighted by atomic mass is 10.2. The van der Waals surface area contributed by atoms with Gasteiger partial charge in [0.15, 0.2) is 12.4 Å². The van der Waals surface area contributed by atoms with Crippen LogP contribution in [0.4, 0.5) is 21.5 Å². The number of aromatic hydroxyl groups is 1. The van der Waals surface area contributed by atoms with Gasteiger partial charge in [-0.1, -0.05) is 0 Å². The van der Waals surface area contributed by atoms with Crippen molar-refractivity contribution in [3.8, 4) is 11.5 Å². The highest BCUT2D eigenvalue weighted by Crippen LogP contribution is 2.29. The number of carbonyl (C=O) groups is 1. The molecule has 3 rings (SSSR count). The van der Waals surface area contributed by atoms with Gasteiger partial charge in [0.1, 0.15) is 11.6 Å². The standard InChI is InChI=1S/C17H12FN5O7/c18-10-1-3-14(23(28)29)16(7-10)30-9-21-6-5-12(20-21)17(25)19-13-8-11(22(26)27)2-4-15(13)24/h1-8,24H,9H2,(H,19,25). The van der Waals surface area contributed by atoms with Crippen molar-refractivity contribution in [2.75, 3.05) is 5.32 Å². The number of anilines is 1. The molecule has 154 valence electrons. The third kappa shape index (κ3) is 4.46. The van der Waals surface area contributed by atoms with Crippen molar-refractivity contribution in [1.82, 2.24) is 9.78 Å². The van der Waals surface area contributed by atoms with E-state index in [4.69, 9.17) is 4.74 Å². The third-order valence-corrected chi connectivity index (χ3v) is 3.78. The lowest BCUT2D eigenvalue weighted by Gasteiger charge is -2.07. The van der Waals surface area contributed by atoms with Crippen LogP contribution in [0.3, 0.4) is 0 Å². The molecule has 0 aliphatic rings. The van der Waals surface area contributed by atoms with Crippen molar-refractivity contribution in [3.63, 3.8) is 0 Å². The molecule has 1 aromatic heterocycles. The Bertz CT molecular complexity index is 1150. The van der Waals surface area contributed by atoms with E-state index in [1.165, 1.54) is 12.3 Å². The first-order valence-electron chi connectivity index (χ1n) is 8.13. The minimum Gasteiger partial charge on any atom is -0.506 e. The van der Waals surface area contributed by atoms with Gasteiger partial charge in [0.25, 0.3) is 11.6 Å². The number of amides is 1. The van der Waals surface area contributed by atoms with E-state index in [-0.39, 0.29) is 35.3 Å². The number of aromatic nitrogens is 2. The highest BCUT2D eigenvalue weighted by Gasteiger charge is 2.18. The van der Waals surface area contributed by atoms with Gasteiger partial charge in [0.2, 0.25) is 5.75 Å². The van der Waals surface area contributed by atoms with Crippen LogP contribution in [0.2, 0.25) is 0 Å². The van der Waals surface area contributed by atoms with Crippen LogP contribution in [-0.4, -0.2) is 30.6 Å². The summed E-state index contributed by atoms with van der Waals surface area (Å²) < 4.78 is 19.7. The number of rotatable bonds is 7. The minimum absolute atomic E-state index is 0.127. The Labute approximate surface area is 166 Å². The molecule has 2 N–H and O–H groups in total. The molecular weight excluding hydrogens is 405 g/mol. The van der Waals surface area contributed by atoms with E-state index in [1.807, 2.05) is 0 Å². The van der Waals surface area contributed by atoms with Crippen LogP contribution in [0.25, 0.3) is 0 Å². The summed E-state index contributed by atoms with van der Waals surface area (Å²) in [7, 11) is 0. The van der Waals surface area contributed by atoms with E-state index in [0.717, 1.165) is 41.1 Å². The Morgan fingerprint density at radius 3 is 2.63 bits per heavy atom. The van der Waals surface area contributed by atoms with E-state index >= 15 is 0 Å². The van der Waals surface area contributed by atoms with Gasteiger partial charge in [-0.25, -0.2) is 9.07 Å². The number of phenols is 1. The average Bonchev–Trinajstić information content (AvgIpc) is 3.17. The smallest absolute Gasteiger partial charge is 0.311 e. The summed E-state index contributed by atoms with van der Waals surface area (Å²) in [5.74, 6) is -2.20. The number of halogens is 1. The first-order chi connectivity index (χ1) is 14.2. The highest BCUT2D eigenvalue weighted by atomic mass is 19.1. The maximum Gasteiger partial charge on any atom is 0.311 e. The molecule has 3 aromatic rings. The number of nitro benzene ring substituents is 2. The highest BCUT2D eigenvalue weighted by molar-refractivity contribution is 6.03. The number of nitrogens with one attached hydrogen (secondary N) is 1. The topological polar surface area (TPSA) is 163 Å². The Hall–Kier alpha value is -4.55. The molecule has 1 amide bonds. The molecule has 12 nitrogen and oxygen atoms in total. The fourth-order valence-corrected chi connectivity index (χ4v) is 2.37. The number of hydrogen-bond donors (Lipinski definition) is 2. The molecule has 0 radical (unpaired) electrons. The first kappa shape index (κ1) is 20.2. The first-order valence-corrected chi connectivity index (χ1v) is 8.13. The monoisotopic (exact) mass is 417 g/mol. The van der Waals surface area contributed by atoms with Crippen LogP contribution in [0.5, 0.6) is 11.5 Å². The number of carbonyl (C=O) groups excluding carboxylic acids is 1. The van der Waals surface area contributed by atoms with E-state index in [1.54, 1.807) is 0 Å². The number of nitro groups is 2. The molecule has 13 heteroatoms. The van der Waals surface area contributed by atoms with Crippen LogP contribution >= 0.6 is 0 Å². The normalized spacial score (nSPS) is 10.4. The van der Waals surface area contributed by atoms with Crippen molar-refractivity contribution < 1.29 is 28.9 Å². The van der Waals surface area contributed by atoms with Crippen molar-refractivity contribution in [2.45, 2.75) is 6.73 Å². The zero-order valence-corrected chi connectivity index (χ0v) is 14.9. The number of phenolic OH excluding ortho intramolecular Hbond substituents is 1. The van der Waals surface area contributed by atoms with Gasteiger partial charge >= 0.3 is 5.69 Å². The Morgan fingerprint density at radius 1 is 1.17 bits per heavy atom. The maximum absolute atomic E-state index is 13.3. The van der Waals surface area contributed by atoms with Crippen LogP contribution in [0, 0.1) is 26.0 Å². The molecule has 1 heterocycles. The van der Waals surface area contributed by atoms with Crippen LogP contribution in [0.1, 0.15) is 10.5 Å². The van der Waals surface area contributed by atoms with Crippen molar-refractivity contribution in [2.24, 2.45) is 0 Å². The largest absolute Gasteiger partial charge is 0.506 e. The summed E-state index contributed by atoms with van der Waals surface area (Å²) >= 11 is 0. The SMILES string of the molecule is O=C(Nc1cc([N+](=O)[O-])ccc1O)c1ccn(COc2cc(F)ccc2[N+](=O)[O-])n1. The van der Waals surface area contributed by atoms with Crippen molar-refractivity contribution >= 4 is 23.0 Å². The number of hydrogen-bond acceptors (Lipinski definition) is 8. The summed E-state index contributed by atoms with van der Waals surface area (Å²) in [6, 6.07) is 7.13. The quantitative estimate of drug-likeness (QED) is 0.337. The average molecular weight is 417 g/mol. The Kier molecular flexibility index (Phi) is 5.53. The maximum atomic E-state index is 13.3. The molecule has 0 saturated carbocycles. The van der Waals surface area contributed by atoms with Crippen LogP contribution < -0.4 is 10.1 Å². The molecule has 0 spiro atoms. The van der Waals surface area contributed by atoms with Gasteiger partial charge in [0.05, 0.1) is 15.5 Å². The molecule has 0 aliphatic carbocycles. The lowest BCUT2D eigenvalue weighted by molar-refractivity contribution is -0.386. The van der Waals surface area contributed by atoms with Gasteiger partial charge in [-0.3, -0.25) is 25.0 Å². The van der Waals surface area contributed by atoms with Crippen molar-refractivity contribution in [3.05, 3.63) is 80.4 Å². The Balaban J connectivity index is 1.71. The predicted molar refractivity (Wildman–Crippen MR) is 98.6 cm³/mol. The fraction of sp³-hybridized carbons (Fsp3) is 0.0588. The van der Waals surface area contributed by atoms with E-state index in [0.29, 0.717) is 0 Å².